The maximum Gasteiger partial charge on any atom is 0.106 e. The lowest BCUT2D eigenvalue weighted by molar-refractivity contribution is 0.00170. The van der Waals surface area contributed by atoms with Crippen molar-refractivity contribution < 1.29 is 17.1 Å². The molecule has 0 amide bonds. The van der Waals surface area contributed by atoms with Crippen LogP contribution in [-0.2, 0) is 0 Å². The van der Waals surface area contributed by atoms with E-state index in [4.69, 9.17) is 0 Å². The SMILES string of the molecule is CCCC1CCC(C2CCC(C3CC(F)C(CC(C)CC)C(F)C3)CC2)CC1.O.[HH].[HH]. The molecule has 3 rings (SSSR count). The van der Waals surface area contributed by atoms with Gasteiger partial charge in [-0.2, -0.15) is 0 Å². The summed E-state index contributed by atoms with van der Waals surface area (Å²) in [6.45, 7) is 6.59. The third-order valence-electron chi connectivity index (χ3n) is 9.09. The predicted octanol–water partition coefficient (Wildman–Crippen LogP) is 8.21. The van der Waals surface area contributed by atoms with E-state index in [1.807, 2.05) is 0 Å². The zero-order valence-electron chi connectivity index (χ0n) is 19.4. The molecule has 0 bridgehead atoms. The van der Waals surface area contributed by atoms with Crippen molar-refractivity contribution in [3.63, 3.8) is 0 Å². The normalized spacial score (nSPS) is 42.1. The fourth-order valence-corrected chi connectivity index (χ4v) is 7.01. The van der Waals surface area contributed by atoms with Gasteiger partial charge < -0.3 is 5.48 Å². The second-order valence-electron chi connectivity index (χ2n) is 10.9. The summed E-state index contributed by atoms with van der Waals surface area (Å²) in [7, 11) is 0. The maximum atomic E-state index is 14.8. The Balaban J connectivity index is 0.00000300. The highest BCUT2D eigenvalue weighted by Gasteiger charge is 2.42. The van der Waals surface area contributed by atoms with Gasteiger partial charge >= 0.3 is 0 Å². The molecule has 0 radical (unpaired) electrons. The maximum absolute atomic E-state index is 14.8. The van der Waals surface area contributed by atoms with Crippen molar-refractivity contribution in [2.75, 3.05) is 0 Å². The molecule has 3 unspecified atom stereocenters. The van der Waals surface area contributed by atoms with Crippen LogP contribution in [0.15, 0.2) is 0 Å². The third-order valence-corrected chi connectivity index (χ3v) is 9.09. The summed E-state index contributed by atoms with van der Waals surface area (Å²) in [6.07, 6.45) is 14.9. The minimum absolute atomic E-state index is 0. The topological polar surface area (TPSA) is 31.5 Å². The molecule has 29 heavy (non-hydrogen) atoms. The second-order valence-corrected chi connectivity index (χ2v) is 10.9. The number of hydrogen-bond acceptors (Lipinski definition) is 0. The lowest BCUT2D eigenvalue weighted by Gasteiger charge is -2.43. The Kier molecular flexibility index (Phi) is 10.4. The molecule has 0 spiro atoms. The predicted molar refractivity (Wildman–Crippen MR) is 124 cm³/mol. The van der Waals surface area contributed by atoms with Crippen LogP contribution in [0.2, 0.25) is 0 Å². The van der Waals surface area contributed by atoms with Crippen molar-refractivity contribution >= 4 is 0 Å². The van der Waals surface area contributed by atoms with Gasteiger partial charge in [0.1, 0.15) is 12.3 Å². The molecule has 0 aliphatic heterocycles. The average molecular weight is 419 g/mol. The number of hydrogen-bond donors (Lipinski definition) is 0. The Morgan fingerprint density at radius 1 is 0.759 bits per heavy atom. The third kappa shape index (κ3) is 6.65. The second kappa shape index (κ2) is 12.0. The van der Waals surface area contributed by atoms with E-state index >= 15 is 0 Å². The molecule has 3 aliphatic rings. The molecule has 176 valence electrons. The van der Waals surface area contributed by atoms with Gasteiger partial charge in [-0.25, -0.2) is 8.78 Å². The Labute approximate surface area is 182 Å². The van der Waals surface area contributed by atoms with Gasteiger partial charge in [-0.3, -0.25) is 0 Å². The van der Waals surface area contributed by atoms with Crippen molar-refractivity contribution in [2.45, 2.75) is 123 Å². The first kappa shape index (κ1) is 25.1. The summed E-state index contributed by atoms with van der Waals surface area (Å²) in [6, 6.07) is 0. The van der Waals surface area contributed by atoms with E-state index < -0.39 is 12.3 Å². The first-order valence-electron chi connectivity index (χ1n) is 12.8. The summed E-state index contributed by atoms with van der Waals surface area (Å²) in [4.78, 5) is 0. The smallest absolute Gasteiger partial charge is 0.106 e. The highest BCUT2D eigenvalue weighted by molar-refractivity contribution is 4.92. The number of halogens is 2. The van der Waals surface area contributed by atoms with Crippen LogP contribution >= 0.6 is 0 Å². The van der Waals surface area contributed by atoms with Gasteiger partial charge in [-0.1, -0.05) is 52.9 Å². The van der Waals surface area contributed by atoms with Crippen molar-refractivity contribution in [1.82, 2.24) is 0 Å². The van der Waals surface area contributed by atoms with E-state index in [9.17, 15) is 8.78 Å². The molecule has 2 N–H and O–H groups in total. The molecule has 3 fully saturated rings. The van der Waals surface area contributed by atoms with Crippen LogP contribution in [0.25, 0.3) is 0 Å². The van der Waals surface area contributed by atoms with E-state index in [2.05, 4.69) is 20.8 Å². The van der Waals surface area contributed by atoms with E-state index in [1.54, 1.807) is 0 Å². The van der Waals surface area contributed by atoms with Gasteiger partial charge in [0.15, 0.2) is 0 Å². The molecule has 3 aliphatic carbocycles. The van der Waals surface area contributed by atoms with Crippen LogP contribution in [0, 0.1) is 41.4 Å². The Morgan fingerprint density at radius 3 is 1.66 bits per heavy atom. The van der Waals surface area contributed by atoms with Crippen LogP contribution in [0.4, 0.5) is 8.78 Å². The standard InChI is InChI=1S/C26H46F2.H2O.2H2/c1-4-6-19-7-9-20(10-8-19)21-11-13-22(14-12-21)23-16-25(27)24(26(28)17-23)15-18(3)5-2;;;/h18-26H,4-17H2,1-3H3;1H2;2*1H. The minimum Gasteiger partial charge on any atom is -0.412 e. The number of rotatable bonds is 7. The zero-order valence-corrected chi connectivity index (χ0v) is 19.4. The Hall–Kier alpha value is -0.180. The molecule has 0 aromatic carbocycles. The van der Waals surface area contributed by atoms with Crippen LogP contribution < -0.4 is 0 Å². The fourth-order valence-electron chi connectivity index (χ4n) is 7.01. The van der Waals surface area contributed by atoms with Crippen LogP contribution in [0.1, 0.15) is 114 Å². The Morgan fingerprint density at radius 2 is 1.21 bits per heavy atom. The summed E-state index contributed by atoms with van der Waals surface area (Å²) in [5.41, 5.74) is 0. The highest BCUT2D eigenvalue weighted by Crippen LogP contribution is 2.48. The van der Waals surface area contributed by atoms with Gasteiger partial charge in [0, 0.05) is 8.77 Å². The molecule has 1 nitrogen and oxygen atoms in total. The quantitative estimate of drug-likeness (QED) is 0.399. The van der Waals surface area contributed by atoms with Gasteiger partial charge in [0.05, 0.1) is 0 Å². The van der Waals surface area contributed by atoms with Gasteiger partial charge in [-0.05, 0) is 93.3 Å². The Bertz CT molecular complexity index is 439. The highest BCUT2D eigenvalue weighted by atomic mass is 19.1. The molecule has 0 aromatic heterocycles. The molecule has 3 atom stereocenters. The van der Waals surface area contributed by atoms with Crippen LogP contribution in [0.5, 0.6) is 0 Å². The van der Waals surface area contributed by atoms with Gasteiger partial charge in [0.2, 0.25) is 0 Å². The lowest BCUT2D eigenvalue weighted by atomic mass is 9.64. The number of alkyl halides is 2. The van der Waals surface area contributed by atoms with Crippen LogP contribution in [-0.4, -0.2) is 17.8 Å². The molecule has 0 aromatic rings. The van der Waals surface area contributed by atoms with Gasteiger partial charge in [-0.15, -0.1) is 0 Å². The van der Waals surface area contributed by atoms with Crippen molar-refractivity contribution in [3.05, 3.63) is 0 Å². The molecule has 3 heteroatoms. The fraction of sp³-hybridized carbons (Fsp3) is 1.00. The summed E-state index contributed by atoms with van der Waals surface area (Å²) >= 11 is 0. The van der Waals surface area contributed by atoms with Crippen molar-refractivity contribution in [3.8, 4) is 0 Å². The first-order valence-corrected chi connectivity index (χ1v) is 12.8. The first-order chi connectivity index (χ1) is 13.5. The summed E-state index contributed by atoms with van der Waals surface area (Å²) in [5, 5.41) is 0. The molecular formula is C26H52F2O. The van der Waals surface area contributed by atoms with E-state index in [1.165, 1.54) is 64.2 Å². The molecule has 0 heterocycles. The molecular weight excluding hydrogens is 366 g/mol. The molecule has 0 saturated heterocycles. The van der Waals surface area contributed by atoms with Crippen molar-refractivity contribution in [1.29, 1.82) is 0 Å². The summed E-state index contributed by atoms with van der Waals surface area (Å²) < 4.78 is 29.7. The monoisotopic (exact) mass is 418 g/mol. The van der Waals surface area contributed by atoms with Gasteiger partial charge in [0.25, 0.3) is 0 Å². The zero-order chi connectivity index (χ0) is 20.1. The van der Waals surface area contributed by atoms with Crippen LogP contribution in [0.3, 0.4) is 0 Å². The van der Waals surface area contributed by atoms with Crippen molar-refractivity contribution in [2.24, 2.45) is 41.4 Å². The van der Waals surface area contributed by atoms with E-state index in [0.717, 1.165) is 30.6 Å². The largest absolute Gasteiger partial charge is 0.412 e. The average Bonchev–Trinajstić information content (AvgIpc) is 2.71. The molecule has 3 saturated carbocycles. The minimum atomic E-state index is -0.908. The van der Waals surface area contributed by atoms with E-state index in [0.29, 0.717) is 30.6 Å². The van der Waals surface area contributed by atoms with E-state index in [-0.39, 0.29) is 14.2 Å². The lowest BCUT2D eigenvalue weighted by Crippen LogP contribution is -2.40. The summed E-state index contributed by atoms with van der Waals surface area (Å²) in [5.74, 6) is 3.85.